The Bertz CT molecular complexity index is 1060. The molecule has 0 aromatic carbocycles. The van der Waals surface area contributed by atoms with Gasteiger partial charge in [-0.05, 0) is 68.4 Å². The van der Waals surface area contributed by atoms with Crippen LogP contribution >= 0.6 is 23.7 Å². The normalized spacial score (nSPS) is 21.2. The summed E-state index contributed by atoms with van der Waals surface area (Å²) in [5.41, 5.74) is 1.62. The second-order valence-electron chi connectivity index (χ2n) is 9.25. The average Bonchev–Trinajstić information content (AvgIpc) is 3.33. The predicted octanol–water partition coefficient (Wildman–Crippen LogP) is 4.40. The van der Waals surface area contributed by atoms with Gasteiger partial charge in [-0.1, -0.05) is 0 Å². The van der Waals surface area contributed by atoms with E-state index in [2.05, 4.69) is 27.7 Å². The summed E-state index contributed by atoms with van der Waals surface area (Å²) in [5, 5.41) is 19.4. The summed E-state index contributed by atoms with van der Waals surface area (Å²) >= 11 is 2.04. The molecule has 3 aliphatic rings. The van der Waals surface area contributed by atoms with Crippen molar-refractivity contribution in [2.75, 3.05) is 31.2 Å². The molecular formula is C21H26F2N6OS2. The number of anilines is 1. The zero-order valence-electron chi connectivity index (χ0n) is 17.8. The number of fused-ring (bicyclic) bond motifs is 1. The van der Waals surface area contributed by atoms with Gasteiger partial charge >= 0.3 is 0 Å². The topological polar surface area (TPSA) is 89.5 Å². The third-order valence-electron chi connectivity index (χ3n) is 6.61. The van der Waals surface area contributed by atoms with Gasteiger partial charge in [-0.15, -0.1) is 0 Å². The summed E-state index contributed by atoms with van der Waals surface area (Å²) in [6, 6.07) is 4.06. The molecular weight excluding hydrogens is 454 g/mol. The molecule has 2 aliphatic heterocycles. The lowest BCUT2D eigenvalue weighted by molar-refractivity contribution is -0.124. The maximum atomic E-state index is 12.8. The minimum absolute atomic E-state index is 0.0928. The fourth-order valence-electron chi connectivity index (χ4n) is 4.07. The van der Waals surface area contributed by atoms with Gasteiger partial charge in [0, 0.05) is 28.9 Å². The molecule has 0 radical (unpaired) electrons. The highest BCUT2D eigenvalue weighted by atomic mass is 32.2. The summed E-state index contributed by atoms with van der Waals surface area (Å²) in [4.78, 5) is 3.31. The number of thioether (sulfide) groups is 1. The van der Waals surface area contributed by atoms with E-state index in [4.69, 9.17) is 15.6 Å². The summed E-state index contributed by atoms with van der Waals surface area (Å²) in [6.45, 7) is 5.66. The molecule has 0 bridgehead atoms. The molecule has 3 N–H and O–H groups in total. The summed E-state index contributed by atoms with van der Waals surface area (Å²) in [5.74, 6) is 0.941. The lowest BCUT2D eigenvalue weighted by atomic mass is 9.77. The van der Waals surface area contributed by atoms with E-state index in [9.17, 15) is 8.78 Å². The molecule has 2 aromatic heterocycles. The first kappa shape index (κ1) is 22.1. The van der Waals surface area contributed by atoms with Crippen LogP contribution in [0, 0.1) is 16.2 Å². The second kappa shape index (κ2) is 8.27. The quantitative estimate of drug-likeness (QED) is 0.323. The van der Waals surface area contributed by atoms with E-state index in [1.807, 2.05) is 6.07 Å². The highest BCUT2D eigenvalue weighted by molar-refractivity contribution is 8.26. The summed E-state index contributed by atoms with van der Waals surface area (Å²) in [6.07, 6.45) is 3.06. The summed E-state index contributed by atoms with van der Waals surface area (Å²) < 4.78 is 36.5. The number of pyridine rings is 1. The van der Waals surface area contributed by atoms with Gasteiger partial charge < -0.3 is 9.64 Å². The van der Waals surface area contributed by atoms with Gasteiger partial charge in [-0.2, -0.15) is 5.10 Å². The third kappa shape index (κ3) is 4.27. The van der Waals surface area contributed by atoms with E-state index in [0.29, 0.717) is 28.3 Å². The van der Waals surface area contributed by atoms with E-state index in [1.165, 1.54) is 0 Å². The fourth-order valence-corrected chi connectivity index (χ4v) is 5.55. The van der Waals surface area contributed by atoms with E-state index in [-0.39, 0.29) is 10.6 Å². The molecule has 5 rings (SSSR count). The molecule has 0 amide bonds. The first-order chi connectivity index (χ1) is 15.3. The molecule has 2 aromatic rings. The third-order valence-corrected chi connectivity index (χ3v) is 8.50. The Morgan fingerprint density at radius 2 is 1.91 bits per heavy atom. The SMILES string of the molecule is CC1(NSc2cc(N3CCC4(CC3)COC4)n3ncc(C(=N)SC(=N)C(F)F)c3c2)CC1. The van der Waals surface area contributed by atoms with Crippen molar-refractivity contribution in [2.45, 2.75) is 49.5 Å². The number of piperidine rings is 1. The van der Waals surface area contributed by atoms with Crippen molar-refractivity contribution in [1.82, 2.24) is 14.3 Å². The zero-order chi connectivity index (χ0) is 22.5. The maximum absolute atomic E-state index is 12.8. The number of ether oxygens (including phenoxy) is 1. The molecule has 1 aliphatic carbocycles. The number of aromatic nitrogens is 2. The van der Waals surface area contributed by atoms with Crippen LogP contribution in [-0.2, 0) is 4.74 Å². The number of hydrogen-bond donors (Lipinski definition) is 3. The molecule has 32 heavy (non-hydrogen) atoms. The summed E-state index contributed by atoms with van der Waals surface area (Å²) in [7, 11) is 0. The molecule has 11 heteroatoms. The monoisotopic (exact) mass is 480 g/mol. The highest BCUT2D eigenvalue weighted by Gasteiger charge is 2.41. The Balaban J connectivity index is 1.46. The van der Waals surface area contributed by atoms with Crippen LogP contribution in [0.2, 0.25) is 0 Å². The van der Waals surface area contributed by atoms with E-state index in [1.54, 1.807) is 22.7 Å². The molecule has 7 nitrogen and oxygen atoms in total. The minimum Gasteiger partial charge on any atom is -0.380 e. The van der Waals surface area contributed by atoms with Crippen LogP contribution in [0.5, 0.6) is 0 Å². The number of halogens is 2. The molecule has 3 fully saturated rings. The number of nitrogens with zero attached hydrogens (tertiary/aromatic N) is 3. The lowest BCUT2D eigenvalue weighted by Gasteiger charge is -2.47. The van der Waals surface area contributed by atoms with Crippen LogP contribution in [0.4, 0.5) is 14.6 Å². The fraction of sp³-hybridized carbons (Fsp3) is 0.571. The van der Waals surface area contributed by atoms with Gasteiger partial charge in [0.2, 0.25) is 0 Å². The first-order valence-electron chi connectivity index (χ1n) is 10.7. The molecule has 1 saturated carbocycles. The predicted molar refractivity (Wildman–Crippen MR) is 125 cm³/mol. The van der Waals surface area contributed by atoms with Gasteiger partial charge in [0.1, 0.15) is 15.9 Å². The van der Waals surface area contributed by atoms with Crippen molar-refractivity contribution >= 4 is 45.1 Å². The Hall–Kier alpha value is -1.69. The first-order valence-corrected chi connectivity index (χ1v) is 12.3. The molecule has 0 atom stereocenters. The van der Waals surface area contributed by atoms with Crippen LogP contribution in [0.3, 0.4) is 0 Å². The Kier molecular flexibility index (Phi) is 5.71. The van der Waals surface area contributed by atoms with Gasteiger partial charge in [-0.3, -0.25) is 15.5 Å². The zero-order valence-corrected chi connectivity index (χ0v) is 19.4. The van der Waals surface area contributed by atoms with Crippen LogP contribution in [0.15, 0.2) is 23.2 Å². The average molecular weight is 481 g/mol. The Morgan fingerprint density at radius 3 is 2.50 bits per heavy atom. The van der Waals surface area contributed by atoms with Crippen molar-refractivity contribution in [3.63, 3.8) is 0 Å². The largest absolute Gasteiger partial charge is 0.380 e. The van der Waals surface area contributed by atoms with Crippen LogP contribution in [0.25, 0.3) is 5.52 Å². The van der Waals surface area contributed by atoms with E-state index in [0.717, 1.165) is 62.7 Å². The maximum Gasteiger partial charge on any atom is 0.285 e. The number of nitrogens with one attached hydrogen (secondary N) is 3. The Morgan fingerprint density at radius 1 is 1.19 bits per heavy atom. The molecule has 4 heterocycles. The number of rotatable bonds is 6. The lowest BCUT2D eigenvalue weighted by Crippen LogP contribution is -2.51. The standard InChI is InChI=1S/C21H26F2N6OS2/c1-20(2-3-20)27-32-13-8-15-14(18(24)31-19(25)17(22)23)10-26-29(15)16(9-13)28-6-4-21(5-7-28)11-30-12-21/h8-10,17,24-25,27H,2-7,11-12H2,1H3. The van der Waals surface area contributed by atoms with Gasteiger partial charge in [0.15, 0.2) is 0 Å². The van der Waals surface area contributed by atoms with E-state index >= 15 is 0 Å². The van der Waals surface area contributed by atoms with Gasteiger partial charge in [0.25, 0.3) is 6.43 Å². The minimum atomic E-state index is -2.89. The second-order valence-corrected chi connectivity index (χ2v) is 11.2. The number of hydrogen-bond acceptors (Lipinski definition) is 8. The van der Waals surface area contributed by atoms with Gasteiger partial charge in [-0.25, -0.2) is 13.3 Å². The highest BCUT2D eigenvalue weighted by Crippen LogP contribution is 2.41. The van der Waals surface area contributed by atoms with Gasteiger partial charge in [0.05, 0.1) is 30.5 Å². The van der Waals surface area contributed by atoms with Crippen molar-refractivity contribution < 1.29 is 13.5 Å². The molecule has 0 unspecified atom stereocenters. The van der Waals surface area contributed by atoms with Crippen LogP contribution in [-0.4, -0.2) is 58.0 Å². The van der Waals surface area contributed by atoms with Crippen molar-refractivity contribution in [1.29, 1.82) is 10.8 Å². The van der Waals surface area contributed by atoms with Crippen molar-refractivity contribution in [3.8, 4) is 0 Å². The van der Waals surface area contributed by atoms with Crippen LogP contribution in [0.1, 0.15) is 38.2 Å². The Labute approximate surface area is 193 Å². The van der Waals surface area contributed by atoms with Crippen molar-refractivity contribution in [2.24, 2.45) is 5.41 Å². The van der Waals surface area contributed by atoms with E-state index < -0.39 is 11.5 Å². The molecule has 1 spiro atoms. The molecule has 172 valence electrons. The number of alkyl halides is 2. The van der Waals surface area contributed by atoms with Crippen LogP contribution < -0.4 is 9.62 Å². The smallest absolute Gasteiger partial charge is 0.285 e. The molecule has 2 saturated heterocycles. The van der Waals surface area contributed by atoms with Crippen molar-refractivity contribution in [3.05, 3.63) is 23.9 Å².